The molecule has 15 heavy (non-hydrogen) atoms. The van der Waals surface area contributed by atoms with Crippen LogP contribution in [0.5, 0.6) is 0 Å². The summed E-state index contributed by atoms with van der Waals surface area (Å²) in [7, 11) is 0. The van der Waals surface area contributed by atoms with Gasteiger partial charge in [-0.2, -0.15) is 0 Å². The molecule has 0 bridgehead atoms. The Morgan fingerprint density at radius 3 is 2.87 bits per heavy atom. The van der Waals surface area contributed by atoms with Gasteiger partial charge in [0, 0.05) is 12.2 Å². The molecule has 0 saturated heterocycles. The topological polar surface area (TPSA) is 62.0 Å². The average Bonchev–Trinajstić information content (AvgIpc) is 2.21. The predicted octanol–water partition coefficient (Wildman–Crippen LogP) is 1.56. The van der Waals surface area contributed by atoms with Gasteiger partial charge in [0.25, 0.3) is 11.5 Å². The Kier molecular flexibility index (Phi) is 3.91. The van der Waals surface area contributed by atoms with E-state index < -0.39 is 5.56 Å². The summed E-state index contributed by atoms with van der Waals surface area (Å²) >= 11 is 5.60. The SMILES string of the molecule is CCC(C)NC(=O)c1c[nH]c(=O)c(Cl)c1. The van der Waals surface area contributed by atoms with Crippen LogP contribution in [0, 0.1) is 0 Å². The van der Waals surface area contributed by atoms with Crippen LogP contribution in [-0.2, 0) is 0 Å². The van der Waals surface area contributed by atoms with E-state index in [0.717, 1.165) is 6.42 Å². The van der Waals surface area contributed by atoms with Gasteiger partial charge in [-0.05, 0) is 19.4 Å². The highest BCUT2D eigenvalue weighted by Crippen LogP contribution is 2.04. The minimum atomic E-state index is -0.392. The quantitative estimate of drug-likeness (QED) is 0.825. The van der Waals surface area contributed by atoms with Gasteiger partial charge >= 0.3 is 0 Å². The molecular formula is C10H13ClN2O2. The molecule has 1 atom stereocenters. The number of hydrogen-bond acceptors (Lipinski definition) is 2. The number of carbonyl (C=O) groups excluding carboxylic acids is 1. The summed E-state index contributed by atoms with van der Waals surface area (Å²) in [6.07, 6.45) is 2.20. The number of hydrogen-bond donors (Lipinski definition) is 2. The van der Waals surface area contributed by atoms with E-state index in [1.807, 2.05) is 13.8 Å². The van der Waals surface area contributed by atoms with Gasteiger partial charge in [-0.15, -0.1) is 0 Å². The molecule has 1 unspecified atom stereocenters. The van der Waals surface area contributed by atoms with Crippen LogP contribution >= 0.6 is 11.6 Å². The Balaban J connectivity index is 2.83. The monoisotopic (exact) mass is 228 g/mol. The summed E-state index contributed by atoms with van der Waals surface area (Å²) in [4.78, 5) is 24.9. The molecule has 0 aliphatic carbocycles. The minimum Gasteiger partial charge on any atom is -0.350 e. The Morgan fingerprint density at radius 2 is 2.33 bits per heavy atom. The summed E-state index contributed by atoms with van der Waals surface area (Å²) < 4.78 is 0. The second-order valence-electron chi connectivity index (χ2n) is 3.35. The van der Waals surface area contributed by atoms with Crippen molar-refractivity contribution in [3.63, 3.8) is 0 Å². The highest BCUT2D eigenvalue weighted by atomic mass is 35.5. The van der Waals surface area contributed by atoms with Gasteiger partial charge in [-0.3, -0.25) is 9.59 Å². The summed E-state index contributed by atoms with van der Waals surface area (Å²) in [5.41, 5.74) is -0.0309. The van der Waals surface area contributed by atoms with Crippen molar-refractivity contribution in [2.45, 2.75) is 26.3 Å². The van der Waals surface area contributed by atoms with Crippen LogP contribution in [0.2, 0.25) is 5.02 Å². The summed E-state index contributed by atoms with van der Waals surface area (Å²) in [5.74, 6) is -0.234. The lowest BCUT2D eigenvalue weighted by molar-refractivity contribution is 0.0939. The second-order valence-corrected chi connectivity index (χ2v) is 3.76. The van der Waals surface area contributed by atoms with Crippen molar-refractivity contribution in [3.05, 3.63) is 33.2 Å². The first kappa shape index (κ1) is 11.8. The fourth-order valence-corrected chi connectivity index (χ4v) is 1.17. The molecule has 2 N–H and O–H groups in total. The van der Waals surface area contributed by atoms with Crippen LogP contribution in [0.25, 0.3) is 0 Å². The highest BCUT2D eigenvalue weighted by molar-refractivity contribution is 6.30. The first-order valence-electron chi connectivity index (χ1n) is 4.73. The van der Waals surface area contributed by atoms with Gasteiger partial charge < -0.3 is 10.3 Å². The summed E-state index contributed by atoms with van der Waals surface area (Å²) in [6, 6.07) is 1.46. The molecule has 0 aliphatic heterocycles. The van der Waals surface area contributed by atoms with E-state index >= 15 is 0 Å². The number of aromatic amines is 1. The number of halogens is 1. The third-order valence-electron chi connectivity index (χ3n) is 2.11. The van der Waals surface area contributed by atoms with Gasteiger partial charge in [0.1, 0.15) is 5.02 Å². The van der Waals surface area contributed by atoms with Crippen LogP contribution in [0.1, 0.15) is 30.6 Å². The lowest BCUT2D eigenvalue weighted by Crippen LogP contribution is -2.32. The third kappa shape index (κ3) is 3.09. The van der Waals surface area contributed by atoms with Gasteiger partial charge in [0.15, 0.2) is 0 Å². The first-order chi connectivity index (χ1) is 7.04. The van der Waals surface area contributed by atoms with Crippen LogP contribution in [0.3, 0.4) is 0 Å². The molecular weight excluding hydrogens is 216 g/mol. The molecule has 1 heterocycles. The Morgan fingerprint density at radius 1 is 1.67 bits per heavy atom. The predicted molar refractivity (Wildman–Crippen MR) is 59.3 cm³/mol. The number of nitrogens with one attached hydrogen (secondary N) is 2. The number of rotatable bonds is 3. The van der Waals surface area contributed by atoms with Crippen molar-refractivity contribution >= 4 is 17.5 Å². The molecule has 0 fully saturated rings. The molecule has 1 rings (SSSR count). The first-order valence-corrected chi connectivity index (χ1v) is 5.11. The molecule has 0 spiro atoms. The van der Waals surface area contributed by atoms with Gasteiger partial charge in [0.05, 0.1) is 5.56 Å². The fourth-order valence-electron chi connectivity index (χ4n) is 0.996. The Bertz CT molecular complexity index is 414. The van der Waals surface area contributed by atoms with E-state index in [9.17, 15) is 9.59 Å². The third-order valence-corrected chi connectivity index (χ3v) is 2.39. The minimum absolute atomic E-state index is 0.0202. The largest absolute Gasteiger partial charge is 0.350 e. The average molecular weight is 229 g/mol. The van der Waals surface area contributed by atoms with Crippen molar-refractivity contribution in [2.24, 2.45) is 0 Å². The Hall–Kier alpha value is -1.29. The molecule has 5 heteroatoms. The zero-order chi connectivity index (χ0) is 11.4. The van der Waals surface area contributed by atoms with Crippen LogP contribution in [-0.4, -0.2) is 16.9 Å². The van der Waals surface area contributed by atoms with Gasteiger partial charge in [0.2, 0.25) is 0 Å². The number of pyridine rings is 1. The van der Waals surface area contributed by atoms with E-state index in [1.54, 1.807) is 0 Å². The molecule has 1 aromatic heterocycles. The zero-order valence-electron chi connectivity index (χ0n) is 8.63. The Labute approximate surface area is 92.7 Å². The maximum Gasteiger partial charge on any atom is 0.266 e. The maximum absolute atomic E-state index is 11.6. The molecule has 1 amide bonds. The van der Waals surface area contributed by atoms with Crippen molar-refractivity contribution in [3.8, 4) is 0 Å². The molecule has 82 valence electrons. The van der Waals surface area contributed by atoms with E-state index in [4.69, 9.17) is 11.6 Å². The standard InChI is InChI=1S/C10H13ClN2O2/c1-3-6(2)13-9(14)7-4-8(11)10(15)12-5-7/h4-6H,3H2,1-2H3,(H,12,15)(H,13,14). The van der Waals surface area contributed by atoms with E-state index in [1.165, 1.54) is 12.3 Å². The van der Waals surface area contributed by atoms with E-state index in [-0.39, 0.29) is 17.0 Å². The van der Waals surface area contributed by atoms with E-state index in [0.29, 0.717) is 5.56 Å². The fraction of sp³-hybridized carbons (Fsp3) is 0.400. The highest BCUT2D eigenvalue weighted by Gasteiger charge is 2.09. The molecule has 0 aromatic carbocycles. The number of amides is 1. The smallest absolute Gasteiger partial charge is 0.266 e. The lowest BCUT2D eigenvalue weighted by Gasteiger charge is -2.10. The molecule has 1 aromatic rings. The molecule has 4 nitrogen and oxygen atoms in total. The normalized spacial score (nSPS) is 12.2. The lowest BCUT2D eigenvalue weighted by atomic mass is 10.2. The molecule has 0 aliphatic rings. The van der Waals surface area contributed by atoms with Crippen LogP contribution in [0.4, 0.5) is 0 Å². The van der Waals surface area contributed by atoms with Crippen molar-refractivity contribution in [1.29, 1.82) is 0 Å². The molecule has 0 saturated carbocycles. The molecule has 0 radical (unpaired) electrons. The van der Waals surface area contributed by atoms with Crippen LogP contribution in [0.15, 0.2) is 17.1 Å². The van der Waals surface area contributed by atoms with E-state index in [2.05, 4.69) is 10.3 Å². The zero-order valence-corrected chi connectivity index (χ0v) is 9.39. The summed E-state index contributed by atoms with van der Waals surface area (Å²) in [5, 5.41) is 2.79. The number of aromatic nitrogens is 1. The summed E-state index contributed by atoms with van der Waals surface area (Å²) in [6.45, 7) is 3.88. The van der Waals surface area contributed by atoms with Crippen LogP contribution < -0.4 is 10.9 Å². The number of carbonyl (C=O) groups is 1. The van der Waals surface area contributed by atoms with Crippen molar-refractivity contribution in [1.82, 2.24) is 10.3 Å². The van der Waals surface area contributed by atoms with Crippen molar-refractivity contribution in [2.75, 3.05) is 0 Å². The second kappa shape index (κ2) is 4.98. The van der Waals surface area contributed by atoms with Gasteiger partial charge in [-0.1, -0.05) is 18.5 Å². The van der Waals surface area contributed by atoms with Gasteiger partial charge in [-0.25, -0.2) is 0 Å². The van der Waals surface area contributed by atoms with Crippen molar-refractivity contribution < 1.29 is 4.79 Å². The maximum atomic E-state index is 11.6. The number of H-pyrrole nitrogens is 1.